The molecule has 0 bridgehead atoms. The summed E-state index contributed by atoms with van der Waals surface area (Å²) in [5.74, 6) is -1.08. The molecule has 0 aliphatic carbocycles. The first-order valence-corrected chi connectivity index (χ1v) is 3.26. The molecule has 4 nitrogen and oxygen atoms in total. The first-order chi connectivity index (χ1) is 5.06. The average Bonchev–Trinajstić information content (AvgIpc) is 1.85. The van der Waals surface area contributed by atoms with Gasteiger partial charge in [-0.2, -0.15) is 0 Å². The molecule has 0 aromatic carbocycles. The molecule has 0 saturated heterocycles. The summed E-state index contributed by atoms with van der Waals surface area (Å²) in [7, 11) is 0. The van der Waals surface area contributed by atoms with Crippen LogP contribution >= 0.6 is 0 Å². The molecule has 2 atom stereocenters. The van der Waals surface area contributed by atoms with Gasteiger partial charge in [-0.25, -0.2) is 0 Å². The van der Waals surface area contributed by atoms with Crippen molar-refractivity contribution in [2.75, 3.05) is 0 Å². The van der Waals surface area contributed by atoms with Crippen molar-refractivity contribution < 1.29 is 20.1 Å². The van der Waals surface area contributed by atoms with Crippen LogP contribution < -0.4 is 0 Å². The Morgan fingerprint density at radius 3 is 2.33 bits per heavy atom. The fraction of sp³-hybridized carbons (Fsp3) is 0.571. The first kappa shape index (κ1) is 14.9. The Labute approximate surface area is 101 Å². The Balaban J connectivity index is 0. The van der Waals surface area contributed by atoms with Gasteiger partial charge in [0.05, 0.1) is 18.6 Å². The monoisotopic (exact) mass is 200 g/mol. The molecule has 3 N–H and O–H groups in total. The van der Waals surface area contributed by atoms with Crippen LogP contribution in [-0.4, -0.2) is 71.2 Å². The van der Waals surface area contributed by atoms with E-state index in [0.717, 1.165) is 0 Å². The quantitative estimate of drug-likeness (QED) is 0.408. The van der Waals surface area contributed by atoms with Crippen molar-refractivity contribution in [3.05, 3.63) is 12.7 Å². The minimum absolute atomic E-state index is 0. The van der Waals surface area contributed by atoms with Crippen molar-refractivity contribution >= 4 is 43.7 Å². The molecule has 12 heavy (non-hydrogen) atoms. The predicted molar refractivity (Wildman–Crippen MR) is 44.8 cm³/mol. The predicted octanol–water partition coefficient (Wildman–Crippen LogP) is -0.622. The molecule has 0 aromatic heterocycles. The topological polar surface area (TPSA) is 77.8 Å². The molecule has 0 rings (SSSR count). The molecular formula is C7H12CaO4. The van der Waals surface area contributed by atoms with Crippen molar-refractivity contribution in [2.24, 2.45) is 0 Å². The maximum atomic E-state index is 10.0. The van der Waals surface area contributed by atoms with E-state index in [1.54, 1.807) is 0 Å². The van der Waals surface area contributed by atoms with Gasteiger partial charge in [-0.3, -0.25) is 4.79 Å². The summed E-state index contributed by atoms with van der Waals surface area (Å²) in [5.41, 5.74) is 0. The van der Waals surface area contributed by atoms with Crippen LogP contribution in [0.1, 0.15) is 12.8 Å². The van der Waals surface area contributed by atoms with Gasteiger partial charge in [0.15, 0.2) is 0 Å². The Morgan fingerprint density at radius 1 is 1.50 bits per heavy atom. The number of carbonyl (C=O) groups is 1. The summed E-state index contributed by atoms with van der Waals surface area (Å²) in [6.07, 6.45) is -0.893. The van der Waals surface area contributed by atoms with E-state index in [1.807, 2.05) is 0 Å². The third kappa shape index (κ3) is 8.49. The molecule has 2 radical (unpaired) electrons. The molecule has 0 fully saturated rings. The minimum Gasteiger partial charge on any atom is -0.481 e. The normalized spacial score (nSPS) is 14.2. The zero-order chi connectivity index (χ0) is 8.85. The Morgan fingerprint density at radius 2 is 2.00 bits per heavy atom. The van der Waals surface area contributed by atoms with Gasteiger partial charge in [0.2, 0.25) is 0 Å². The molecule has 0 saturated carbocycles. The number of aliphatic hydroxyl groups is 2. The van der Waals surface area contributed by atoms with E-state index in [0.29, 0.717) is 0 Å². The Kier molecular flexibility index (Phi) is 9.94. The summed E-state index contributed by atoms with van der Waals surface area (Å²) in [4.78, 5) is 10.0. The molecule has 0 unspecified atom stereocenters. The van der Waals surface area contributed by atoms with Crippen molar-refractivity contribution in [2.45, 2.75) is 25.0 Å². The molecule has 0 aliphatic heterocycles. The number of carboxylic acids is 1. The van der Waals surface area contributed by atoms with E-state index in [4.69, 9.17) is 15.3 Å². The molecule has 0 aromatic rings. The van der Waals surface area contributed by atoms with Gasteiger partial charge in [0, 0.05) is 44.2 Å². The van der Waals surface area contributed by atoms with Crippen LogP contribution in [0.25, 0.3) is 0 Å². The number of carboxylic acid groups (broad SMARTS) is 1. The molecule has 5 heteroatoms. The second kappa shape index (κ2) is 8.01. The van der Waals surface area contributed by atoms with Gasteiger partial charge >= 0.3 is 5.97 Å². The van der Waals surface area contributed by atoms with Crippen LogP contribution in [0.2, 0.25) is 0 Å². The second-order valence-electron chi connectivity index (χ2n) is 2.29. The van der Waals surface area contributed by atoms with Crippen LogP contribution in [0.3, 0.4) is 0 Å². The van der Waals surface area contributed by atoms with Gasteiger partial charge in [0.1, 0.15) is 0 Å². The summed E-state index contributed by atoms with van der Waals surface area (Å²) in [5, 5.41) is 26.0. The van der Waals surface area contributed by atoms with Gasteiger partial charge in [-0.05, 0) is 0 Å². The van der Waals surface area contributed by atoms with Crippen LogP contribution in [0.5, 0.6) is 0 Å². The fourth-order valence-electron chi connectivity index (χ4n) is 0.660. The molecule has 0 aliphatic rings. The van der Waals surface area contributed by atoms with Crippen LogP contribution in [0.15, 0.2) is 12.7 Å². The van der Waals surface area contributed by atoms with Gasteiger partial charge in [0.25, 0.3) is 0 Å². The second-order valence-corrected chi connectivity index (χ2v) is 2.29. The number of aliphatic carboxylic acids is 1. The van der Waals surface area contributed by atoms with E-state index in [-0.39, 0.29) is 50.6 Å². The molecular weight excluding hydrogens is 188 g/mol. The minimum atomic E-state index is -1.08. The Bertz CT molecular complexity index is 148. The third-order valence-electron chi connectivity index (χ3n) is 1.20. The zero-order valence-electron chi connectivity index (χ0n) is 6.81. The van der Waals surface area contributed by atoms with Crippen LogP contribution in [0, 0.1) is 0 Å². The SMILES string of the molecule is C=C[C@@H](O)C[C@@H](O)CC(=O)O.[Ca]. The van der Waals surface area contributed by atoms with Gasteiger partial charge in [-0.1, -0.05) is 6.08 Å². The molecule has 66 valence electrons. The molecule has 0 heterocycles. The van der Waals surface area contributed by atoms with Gasteiger partial charge < -0.3 is 15.3 Å². The number of rotatable bonds is 5. The van der Waals surface area contributed by atoms with Crippen LogP contribution in [-0.2, 0) is 4.79 Å². The summed E-state index contributed by atoms with van der Waals surface area (Å²) in [6.45, 7) is 3.28. The van der Waals surface area contributed by atoms with E-state index in [9.17, 15) is 4.79 Å². The molecule has 0 spiro atoms. The standard InChI is InChI=1S/C7H12O4.Ca/c1-2-5(8)3-6(9)4-7(10)11;/h2,5-6,8-9H,1,3-4H2,(H,10,11);/t5-,6-;/m1./s1. The zero-order valence-corrected chi connectivity index (χ0v) is 9.02. The fourth-order valence-corrected chi connectivity index (χ4v) is 0.660. The number of hydrogen-bond donors (Lipinski definition) is 3. The van der Waals surface area contributed by atoms with Crippen molar-refractivity contribution in [3.8, 4) is 0 Å². The van der Waals surface area contributed by atoms with E-state index in [2.05, 4.69) is 6.58 Å². The van der Waals surface area contributed by atoms with Crippen molar-refractivity contribution in [1.29, 1.82) is 0 Å². The summed E-state index contributed by atoms with van der Waals surface area (Å²) in [6, 6.07) is 0. The van der Waals surface area contributed by atoms with E-state index < -0.39 is 18.2 Å². The van der Waals surface area contributed by atoms with Crippen molar-refractivity contribution in [3.63, 3.8) is 0 Å². The van der Waals surface area contributed by atoms with E-state index in [1.165, 1.54) is 6.08 Å². The average molecular weight is 200 g/mol. The smallest absolute Gasteiger partial charge is 0.305 e. The molecule has 0 amide bonds. The van der Waals surface area contributed by atoms with Crippen LogP contribution in [0.4, 0.5) is 0 Å². The maximum absolute atomic E-state index is 10.0. The summed E-state index contributed by atoms with van der Waals surface area (Å²) < 4.78 is 0. The van der Waals surface area contributed by atoms with Gasteiger partial charge in [-0.15, -0.1) is 6.58 Å². The Hall–Kier alpha value is 0.390. The van der Waals surface area contributed by atoms with E-state index >= 15 is 0 Å². The first-order valence-electron chi connectivity index (χ1n) is 3.26. The number of hydrogen-bond acceptors (Lipinski definition) is 3. The largest absolute Gasteiger partial charge is 0.481 e. The third-order valence-corrected chi connectivity index (χ3v) is 1.20. The number of aliphatic hydroxyl groups excluding tert-OH is 2. The maximum Gasteiger partial charge on any atom is 0.305 e. The van der Waals surface area contributed by atoms with Crippen molar-refractivity contribution in [1.82, 2.24) is 0 Å². The summed E-state index contributed by atoms with van der Waals surface area (Å²) >= 11 is 0.